The summed E-state index contributed by atoms with van der Waals surface area (Å²) in [4.78, 5) is 8.71. The second-order valence-corrected chi connectivity index (χ2v) is 8.06. The van der Waals surface area contributed by atoms with Gasteiger partial charge in [-0.1, -0.05) is 23.4 Å². The SMILES string of the molecule is CS(=O)(=O)Nc1cccc(Nc2ncc3nnn(-c4cccc(CO)c4)c3n2)c1. The molecular weight excluding hydrogens is 394 g/mol. The van der Waals surface area contributed by atoms with Crippen LogP contribution in [0.25, 0.3) is 16.9 Å². The molecule has 0 amide bonds. The van der Waals surface area contributed by atoms with Gasteiger partial charge in [0.15, 0.2) is 11.2 Å². The second-order valence-electron chi connectivity index (χ2n) is 6.31. The highest BCUT2D eigenvalue weighted by atomic mass is 32.2. The first-order chi connectivity index (χ1) is 13.9. The number of aliphatic hydroxyl groups excluding tert-OH is 1. The number of sulfonamides is 1. The minimum atomic E-state index is -3.38. The molecule has 0 aliphatic carbocycles. The standard InChI is InChI=1S/C18H17N7O3S/c1-29(27,28)23-14-6-3-5-13(9-14)20-18-19-10-16-17(21-18)25(24-22-16)15-7-2-4-12(8-15)11-26/h2-10,23,26H,11H2,1H3,(H,19,20,21). The average Bonchev–Trinajstić information content (AvgIpc) is 3.10. The molecule has 4 aromatic rings. The van der Waals surface area contributed by atoms with Crippen molar-refractivity contribution in [2.45, 2.75) is 6.61 Å². The predicted molar refractivity (Wildman–Crippen MR) is 109 cm³/mol. The van der Waals surface area contributed by atoms with Crippen molar-refractivity contribution in [1.29, 1.82) is 0 Å². The summed E-state index contributed by atoms with van der Waals surface area (Å²) in [6, 6.07) is 14.0. The predicted octanol–water partition coefficient (Wildman–Crippen LogP) is 1.82. The van der Waals surface area contributed by atoms with Crippen molar-refractivity contribution in [2.75, 3.05) is 16.3 Å². The largest absolute Gasteiger partial charge is 0.392 e. The van der Waals surface area contributed by atoms with Gasteiger partial charge in [-0.2, -0.15) is 9.67 Å². The van der Waals surface area contributed by atoms with Crippen molar-refractivity contribution in [3.63, 3.8) is 0 Å². The first-order valence-electron chi connectivity index (χ1n) is 8.55. The van der Waals surface area contributed by atoms with E-state index in [0.717, 1.165) is 11.8 Å². The van der Waals surface area contributed by atoms with E-state index in [1.165, 1.54) is 0 Å². The Hall–Kier alpha value is -3.57. The first kappa shape index (κ1) is 18.8. The first-order valence-corrected chi connectivity index (χ1v) is 10.4. The summed E-state index contributed by atoms with van der Waals surface area (Å²) in [5, 5.41) is 20.6. The van der Waals surface area contributed by atoms with Gasteiger partial charge >= 0.3 is 0 Å². The lowest BCUT2D eigenvalue weighted by molar-refractivity contribution is 0.282. The van der Waals surface area contributed by atoms with Gasteiger partial charge in [0.1, 0.15) is 0 Å². The molecule has 4 rings (SSSR count). The quantitative estimate of drug-likeness (QED) is 0.437. The number of aliphatic hydroxyl groups is 1. The fraction of sp³-hybridized carbons (Fsp3) is 0.111. The number of hydrogen-bond acceptors (Lipinski definition) is 8. The van der Waals surface area contributed by atoms with Gasteiger partial charge in [0, 0.05) is 5.69 Å². The molecule has 29 heavy (non-hydrogen) atoms. The van der Waals surface area contributed by atoms with E-state index in [1.807, 2.05) is 18.2 Å². The van der Waals surface area contributed by atoms with Crippen molar-refractivity contribution in [1.82, 2.24) is 25.0 Å². The number of nitrogens with zero attached hydrogens (tertiary/aromatic N) is 5. The molecule has 0 saturated heterocycles. The average molecular weight is 411 g/mol. The highest BCUT2D eigenvalue weighted by Gasteiger charge is 2.11. The van der Waals surface area contributed by atoms with Crippen molar-refractivity contribution >= 4 is 38.5 Å². The summed E-state index contributed by atoms with van der Waals surface area (Å²) in [6.45, 7) is -0.0832. The maximum absolute atomic E-state index is 11.4. The van der Waals surface area contributed by atoms with Crippen LogP contribution in [0, 0.1) is 0 Å². The molecule has 0 aliphatic heterocycles. The summed E-state index contributed by atoms with van der Waals surface area (Å²) in [6.07, 6.45) is 2.63. The van der Waals surface area contributed by atoms with Gasteiger partial charge in [-0.05, 0) is 35.9 Å². The van der Waals surface area contributed by atoms with Gasteiger partial charge in [-0.25, -0.2) is 13.4 Å². The molecule has 0 aliphatic rings. The Bertz CT molecular complexity index is 1290. The van der Waals surface area contributed by atoms with E-state index < -0.39 is 10.0 Å². The Morgan fingerprint density at radius 2 is 1.90 bits per heavy atom. The fourth-order valence-electron chi connectivity index (χ4n) is 2.75. The van der Waals surface area contributed by atoms with Crippen LogP contribution in [0.3, 0.4) is 0 Å². The minimum Gasteiger partial charge on any atom is -0.392 e. The molecule has 0 saturated carbocycles. The van der Waals surface area contributed by atoms with Crippen molar-refractivity contribution in [2.24, 2.45) is 0 Å². The van der Waals surface area contributed by atoms with Crippen LogP contribution in [0.5, 0.6) is 0 Å². The van der Waals surface area contributed by atoms with Gasteiger partial charge < -0.3 is 10.4 Å². The van der Waals surface area contributed by atoms with Crippen LogP contribution in [-0.2, 0) is 16.6 Å². The van der Waals surface area contributed by atoms with Crippen molar-refractivity contribution < 1.29 is 13.5 Å². The van der Waals surface area contributed by atoms with Gasteiger partial charge in [0.25, 0.3) is 0 Å². The molecule has 0 radical (unpaired) electrons. The second kappa shape index (κ2) is 7.45. The third-order valence-corrected chi connectivity index (χ3v) is 4.56. The van der Waals surface area contributed by atoms with Crippen LogP contribution < -0.4 is 10.0 Å². The van der Waals surface area contributed by atoms with E-state index in [0.29, 0.717) is 34.2 Å². The van der Waals surface area contributed by atoms with Gasteiger partial charge in [0.05, 0.1) is 30.4 Å². The molecule has 3 N–H and O–H groups in total. The van der Waals surface area contributed by atoms with Crippen LogP contribution in [0.4, 0.5) is 17.3 Å². The van der Waals surface area contributed by atoms with Crippen LogP contribution in [0.2, 0.25) is 0 Å². The molecule has 0 atom stereocenters. The Morgan fingerprint density at radius 1 is 1.10 bits per heavy atom. The zero-order valence-electron chi connectivity index (χ0n) is 15.3. The van der Waals surface area contributed by atoms with Crippen molar-refractivity contribution in [3.8, 4) is 5.69 Å². The third kappa shape index (κ3) is 4.31. The summed E-state index contributed by atoms with van der Waals surface area (Å²) in [7, 11) is -3.38. The van der Waals surface area contributed by atoms with E-state index in [4.69, 9.17) is 0 Å². The fourth-order valence-corrected chi connectivity index (χ4v) is 3.31. The van der Waals surface area contributed by atoms with Crippen molar-refractivity contribution in [3.05, 3.63) is 60.3 Å². The topological polar surface area (TPSA) is 135 Å². The van der Waals surface area contributed by atoms with Crippen LogP contribution >= 0.6 is 0 Å². The Labute approximate surface area is 166 Å². The molecule has 0 fully saturated rings. The molecule has 148 valence electrons. The Morgan fingerprint density at radius 3 is 2.69 bits per heavy atom. The molecule has 0 spiro atoms. The maximum atomic E-state index is 11.4. The van der Waals surface area contributed by atoms with Crippen LogP contribution in [-0.4, -0.2) is 44.7 Å². The van der Waals surface area contributed by atoms with Crippen LogP contribution in [0.1, 0.15) is 5.56 Å². The van der Waals surface area contributed by atoms with E-state index in [2.05, 4.69) is 30.3 Å². The summed E-state index contributed by atoms with van der Waals surface area (Å²) < 4.78 is 26.8. The van der Waals surface area contributed by atoms with E-state index in [9.17, 15) is 13.5 Å². The number of fused-ring (bicyclic) bond motifs is 1. The number of nitrogens with one attached hydrogen (secondary N) is 2. The Balaban J connectivity index is 1.67. The Kier molecular flexibility index (Phi) is 4.82. The van der Waals surface area contributed by atoms with Gasteiger partial charge in [0.2, 0.25) is 16.0 Å². The normalized spacial score (nSPS) is 11.5. The van der Waals surface area contributed by atoms with E-state index >= 15 is 0 Å². The number of anilines is 3. The molecule has 0 bridgehead atoms. The minimum absolute atomic E-state index is 0.0832. The molecule has 2 aromatic heterocycles. The van der Waals surface area contributed by atoms with E-state index in [1.54, 1.807) is 41.2 Å². The lowest BCUT2D eigenvalue weighted by Gasteiger charge is -2.08. The zero-order valence-corrected chi connectivity index (χ0v) is 16.1. The molecule has 0 unspecified atom stereocenters. The van der Waals surface area contributed by atoms with Gasteiger partial charge in [-0.3, -0.25) is 4.72 Å². The lowest BCUT2D eigenvalue weighted by atomic mass is 10.2. The van der Waals surface area contributed by atoms with E-state index in [-0.39, 0.29) is 6.61 Å². The molecular formula is C18H17N7O3S. The molecule has 10 nitrogen and oxygen atoms in total. The monoisotopic (exact) mass is 411 g/mol. The van der Waals surface area contributed by atoms with Gasteiger partial charge in [-0.15, -0.1) is 5.10 Å². The number of hydrogen-bond donors (Lipinski definition) is 3. The number of benzene rings is 2. The molecule has 2 heterocycles. The summed E-state index contributed by atoms with van der Waals surface area (Å²) in [5.41, 5.74) is 3.49. The molecule has 11 heteroatoms. The molecule has 2 aromatic carbocycles. The highest BCUT2D eigenvalue weighted by Crippen LogP contribution is 2.21. The zero-order chi connectivity index (χ0) is 20.4. The highest BCUT2D eigenvalue weighted by molar-refractivity contribution is 7.92. The maximum Gasteiger partial charge on any atom is 0.229 e. The third-order valence-electron chi connectivity index (χ3n) is 3.95. The number of rotatable bonds is 6. The smallest absolute Gasteiger partial charge is 0.229 e. The number of aromatic nitrogens is 5. The summed E-state index contributed by atoms with van der Waals surface area (Å²) >= 11 is 0. The van der Waals surface area contributed by atoms with Crippen LogP contribution in [0.15, 0.2) is 54.7 Å². The lowest BCUT2D eigenvalue weighted by Crippen LogP contribution is -2.09. The summed E-state index contributed by atoms with van der Waals surface area (Å²) in [5.74, 6) is 0.302.